The van der Waals surface area contributed by atoms with Crippen LogP contribution in [0.1, 0.15) is 17.5 Å². The third kappa shape index (κ3) is 3.85. The largest absolute Gasteiger partial charge is 0.472 e. The molecule has 0 saturated carbocycles. The maximum absolute atomic E-state index is 9.29. The number of anilines is 1. The molecule has 122 valence electrons. The van der Waals surface area contributed by atoms with Gasteiger partial charge in [0.1, 0.15) is 6.10 Å². The van der Waals surface area contributed by atoms with Crippen molar-refractivity contribution in [1.82, 2.24) is 4.98 Å². The molecule has 0 aliphatic carbocycles. The molecule has 2 aromatic rings. The van der Waals surface area contributed by atoms with Gasteiger partial charge in [0, 0.05) is 41.5 Å². The highest BCUT2D eigenvalue weighted by molar-refractivity contribution is 9.10. The summed E-state index contributed by atoms with van der Waals surface area (Å²) in [4.78, 5) is 6.65. The normalized spacial score (nSPS) is 17.5. The lowest BCUT2D eigenvalue weighted by atomic mass is 10.1. The molecule has 1 N–H and O–H groups in total. The Bertz CT molecular complexity index is 678. The number of ether oxygens (including phenoxy) is 1. The fourth-order valence-electron chi connectivity index (χ4n) is 2.98. The zero-order valence-corrected chi connectivity index (χ0v) is 14.8. The number of aliphatic hydroxyl groups is 1. The van der Waals surface area contributed by atoms with Crippen LogP contribution in [0.15, 0.2) is 41.0 Å². The predicted octanol–water partition coefficient (Wildman–Crippen LogP) is 3.35. The molecular weight excluding hydrogens is 356 g/mol. The second-order valence-corrected chi connectivity index (χ2v) is 6.76. The average Bonchev–Trinajstić information content (AvgIpc) is 2.98. The average molecular weight is 377 g/mol. The van der Waals surface area contributed by atoms with Crippen LogP contribution in [0, 0.1) is 6.92 Å². The van der Waals surface area contributed by atoms with E-state index in [0.29, 0.717) is 6.42 Å². The Morgan fingerprint density at radius 1 is 1.39 bits per heavy atom. The number of aromatic nitrogens is 1. The molecule has 23 heavy (non-hydrogen) atoms. The first kappa shape index (κ1) is 16.3. The van der Waals surface area contributed by atoms with E-state index in [9.17, 15) is 5.11 Å². The molecule has 2 heterocycles. The van der Waals surface area contributed by atoms with Crippen molar-refractivity contribution in [1.29, 1.82) is 0 Å². The van der Waals surface area contributed by atoms with Crippen LogP contribution < -0.4 is 9.64 Å². The first-order valence-electron chi connectivity index (χ1n) is 7.90. The first-order valence-corrected chi connectivity index (χ1v) is 8.69. The molecule has 1 aliphatic heterocycles. The Labute approximate surface area is 145 Å². The summed E-state index contributed by atoms with van der Waals surface area (Å²) in [5, 5.41) is 9.29. The van der Waals surface area contributed by atoms with Gasteiger partial charge >= 0.3 is 0 Å². The molecule has 5 heteroatoms. The number of hydrogen-bond donors (Lipinski definition) is 1. The zero-order chi connectivity index (χ0) is 16.2. The topological polar surface area (TPSA) is 45.6 Å². The molecule has 1 aromatic carbocycles. The van der Waals surface area contributed by atoms with E-state index in [1.807, 2.05) is 25.1 Å². The lowest BCUT2D eigenvalue weighted by Gasteiger charge is -2.22. The zero-order valence-electron chi connectivity index (χ0n) is 13.2. The van der Waals surface area contributed by atoms with Gasteiger partial charge in [-0.2, -0.15) is 0 Å². The SMILES string of the molecule is Cc1cccnc1O[C@H]1CCN(c2ccc(Br)cc2CCO)C1. The van der Waals surface area contributed by atoms with Crippen molar-refractivity contribution >= 4 is 21.6 Å². The minimum atomic E-state index is 0.147. The highest BCUT2D eigenvalue weighted by Crippen LogP contribution is 2.29. The summed E-state index contributed by atoms with van der Waals surface area (Å²) in [6, 6.07) is 10.2. The summed E-state index contributed by atoms with van der Waals surface area (Å²) in [6.07, 6.45) is 3.55. The molecule has 3 rings (SSSR count). The van der Waals surface area contributed by atoms with Crippen LogP contribution in [-0.4, -0.2) is 35.9 Å². The van der Waals surface area contributed by atoms with Gasteiger partial charge in [-0.15, -0.1) is 0 Å². The Morgan fingerprint density at radius 2 is 2.26 bits per heavy atom. The molecule has 0 amide bonds. The number of aliphatic hydroxyl groups excluding tert-OH is 1. The smallest absolute Gasteiger partial charge is 0.216 e. The summed E-state index contributed by atoms with van der Waals surface area (Å²) < 4.78 is 7.11. The van der Waals surface area contributed by atoms with Crippen LogP contribution in [0.2, 0.25) is 0 Å². The minimum Gasteiger partial charge on any atom is -0.472 e. The highest BCUT2D eigenvalue weighted by atomic mass is 79.9. The second kappa shape index (κ2) is 7.32. The number of nitrogens with zero attached hydrogens (tertiary/aromatic N) is 2. The van der Waals surface area contributed by atoms with E-state index in [1.54, 1.807) is 6.20 Å². The van der Waals surface area contributed by atoms with Crippen molar-refractivity contribution in [3.05, 3.63) is 52.1 Å². The Kier molecular flexibility index (Phi) is 5.18. The van der Waals surface area contributed by atoms with Gasteiger partial charge in [0.2, 0.25) is 5.88 Å². The van der Waals surface area contributed by atoms with E-state index in [-0.39, 0.29) is 12.7 Å². The van der Waals surface area contributed by atoms with Crippen LogP contribution >= 0.6 is 15.9 Å². The Morgan fingerprint density at radius 3 is 3.04 bits per heavy atom. The molecule has 1 atom stereocenters. The molecule has 0 unspecified atom stereocenters. The van der Waals surface area contributed by atoms with Gasteiger partial charge in [-0.1, -0.05) is 22.0 Å². The van der Waals surface area contributed by atoms with Crippen LogP contribution in [-0.2, 0) is 6.42 Å². The quantitative estimate of drug-likeness (QED) is 0.868. The van der Waals surface area contributed by atoms with E-state index in [4.69, 9.17) is 4.74 Å². The maximum atomic E-state index is 9.29. The van der Waals surface area contributed by atoms with Gasteiger partial charge < -0.3 is 14.7 Å². The first-order chi connectivity index (χ1) is 11.2. The van der Waals surface area contributed by atoms with Gasteiger partial charge in [-0.25, -0.2) is 4.98 Å². The van der Waals surface area contributed by atoms with E-state index >= 15 is 0 Å². The standard InChI is InChI=1S/C18H21BrN2O2/c1-13-3-2-8-20-18(13)23-16-6-9-21(12-16)17-5-4-15(19)11-14(17)7-10-22/h2-5,8,11,16,22H,6-7,9-10,12H2,1H3/t16-/m0/s1. The summed E-state index contributed by atoms with van der Waals surface area (Å²) in [5.74, 6) is 0.728. The lowest BCUT2D eigenvalue weighted by Crippen LogP contribution is -2.25. The van der Waals surface area contributed by atoms with Crippen molar-refractivity contribution in [3.63, 3.8) is 0 Å². The monoisotopic (exact) mass is 376 g/mol. The van der Waals surface area contributed by atoms with Crippen molar-refractivity contribution in [3.8, 4) is 5.88 Å². The predicted molar refractivity (Wildman–Crippen MR) is 95.2 cm³/mol. The van der Waals surface area contributed by atoms with Gasteiger partial charge in [0.25, 0.3) is 0 Å². The van der Waals surface area contributed by atoms with Crippen molar-refractivity contribution < 1.29 is 9.84 Å². The van der Waals surface area contributed by atoms with E-state index in [0.717, 1.165) is 41.0 Å². The molecule has 1 saturated heterocycles. The third-order valence-corrected chi connectivity index (χ3v) is 4.64. The molecule has 0 spiro atoms. The van der Waals surface area contributed by atoms with E-state index < -0.39 is 0 Å². The lowest BCUT2D eigenvalue weighted by molar-refractivity contribution is 0.214. The highest BCUT2D eigenvalue weighted by Gasteiger charge is 2.26. The fourth-order valence-corrected chi connectivity index (χ4v) is 3.39. The van der Waals surface area contributed by atoms with Crippen molar-refractivity contribution in [2.24, 2.45) is 0 Å². The van der Waals surface area contributed by atoms with Crippen LogP contribution in [0.3, 0.4) is 0 Å². The maximum Gasteiger partial charge on any atom is 0.216 e. The number of rotatable bonds is 5. The van der Waals surface area contributed by atoms with Crippen molar-refractivity contribution in [2.45, 2.75) is 25.9 Å². The second-order valence-electron chi connectivity index (χ2n) is 5.85. The molecule has 1 aliphatic rings. The van der Waals surface area contributed by atoms with Crippen LogP contribution in [0.5, 0.6) is 5.88 Å². The molecular formula is C18H21BrN2O2. The number of halogens is 1. The number of aryl methyl sites for hydroxylation is 1. The Hall–Kier alpha value is -1.59. The summed E-state index contributed by atoms with van der Waals surface area (Å²) in [7, 11) is 0. The molecule has 0 radical (unpaired) electrons. The summed E-state index contributed by atoms with van der Waals surface area (Å²) >= 11 is 3.51. The molecule has 0 bridgehead atoms. The summed E-state index contributed by atoms with van der Waals surface area (Å²) in [5.41, 5.74) is 3.41. The molecule has 1 fully saturated rings. The van der Waals surface area contributed by atoms with Crippen LogP contribution in [0.25, 0.3) is 0 Å². The number of hydrogen-bond acceptors (Lipinski definition) is 4. The van der Waals surface area contributed by atoms with E-state index in [1.165, 1.54) is 5.69 Å². The van der Waals surface area contributed by atoms with E-state index in [2.05, 4.69) is 37.9 Å². The molecule has 4 nitrogen and oxygen atoms in total. The van der Waals surface area contributed by atoms with Gasteiger partial charge in [0.05, 0.1) is 6.54 Å². The number of benzene rings is 1. The Balaban J connectivity index is 1.71. The fraction of sp³-hybridized carbons (Fsp3) is 0.389. The van der Waals surface area contributed by atoms with Crippen molar-refractivity contribution in [2.75, 3.05) is 24.6 Å². The van der Waals surface area contributed by atoms with Gasteiger partial charge in [-0.3, -0.25) is 0 Å². The number of pyridine rings is 1. The third-order valence-electron chi connectivity index (χ3n) is 4.15. The summed E-state index contributed by atoms with van der Waals surface area (Å²) in [6.45, 7) is 3.97. The minimum absolute atomic E-state index is 0.147. The molecule has 1 aromatic heterocycles. The van der Waals surface area contributed by atoms with Gasteiger partial charge in [0.15, 0.2) is 0 Å². The van der Waals surface area contributed by atoms with Crippen LogP contribution in [0.4, 0.5) is 5.69 Å². The van der Waals surface area contributed by atoms with Gasteiger partial charge in [-0.05, 0) is 43.2 Å².